The molecule has 0 spiro atoms. The average Bonchev–Trinajstić information content (AvgIpc) is 2.86. The number of Topliss-reactive ketones (excluding diaryl/α,β-unsaturated/α-hetero) is 1. The highest BCUT2D eigenvalue weighted by molar-refractivity contribution is 6.48. The van der Waals surface area contributed by atoms with Gasteiger partial charge in [0.1, 0.15) is 6.04 Å². The zero-order valence-corrected chi connectivity index (χ0v) is 24.4. The predicted octanol–water partition coefficient (Wildman–Crippen LogP) is 7.80. The van der Waals surface area contributed by atoms with Crippen LogP contribution in [0.4, 0.5) is 39.5 Å². The van der Waals surface area contributed by atoms with E-state index in [0.29, 0.717) is 6.41 Å². The highest BCUT2D eigenvalue weighted by Crippen LogP contribution is 2.41. The summed E-state index contributed by atoms with van der Waals surface area (Å²) in [6.45, 7) is -0.536. The van der Waals surface area contributed by atoms with Crippen molar-refractivity contribution in [3.8, 4) is 0 Å². The molecule has 2 aromatic carbocycles. The molecular formula is C26H24Cl3F9N2O3. The first-order valence-electron chi connectivity index (χ1n) is 11.8. The summed E-state index contributed by atoms with van der Waals surface area (Å²) in [5.41, 5.74) is -1.23. The summed E-state index contributed by atoms with van der Waals surface area (Å²) in [6, 6.07) is 4.41. The predicted molar refractivity (Wildman–Crippen MR) is 144 cm³/mol. The van der Waals surface area contributed by atoms with E-state index in [2.05, 4.69) is 10.1 Å². The van der Waals surface area contributed by atoms with Crippen LogP contribution in [0.5, 0.6) is 0 Å². The van der Waals surface area contributed by atoms with E-state index in [4.69, 9.17) is 34.8 Å². The highest BCUT2D eigenvalue weighted by Gasteiger charge is 2.39. The zero-order chi connectivity index (χ0) is 33.2. The van der Waals surface area contributed by atoms with Crippen molar-refractivity contribution in [1.29, 1.82) is 0 Å². The topological polar surface area (TPSA) is 67.4 Å². The average molecular weight is 690 g/mol. The van der Waals surface area contributed by atoms with Gasteiger partial charge in [-0.3, -0.25) is 9.59 Å². The molecule has 0 aliphatic rings. The van der Waals surface area contributed by atoms with Crippen LogP contribution in [0.15, 0.2) is 36.4 Å². The van der Waals surface area contributed by atoms with E-state index in [-0.39, 0.29) is 38.4 Å². The monoisotopic (exact) mass is 688 g/mol. The Kier molecular flexibility index (Phi) is 14.8. The largest absolute Gasteiger partial charge is 0.416 e. The number of allylic oxidation sites excluding steroid dienone is 1. The van der Waals surface area contributed by atoms with Crippen LogP contribution >= 0.6 is 34.8 Å². The van der Waals surface area contributed by atoms with Crippen molar-refractivity contribution in [1.82, 2.24) is 10.6 Å². The molecule has 43 heavy (non-hydrogen) atoms. The van der Waals surface area contributed by atoms with Crippen LogP contribution in [0.1, 0.15) is 28.2 Å². The van der Waals surface area contributed by atoms with E-state index in [1.165, 1.54) is 26.2 Å². The Bertz CT molecular complexity index is 1240. The van der Waals surface area contributed by atoms with Crippen LogP contribution in [0.3, 0.4) is 0 Å². The lowest BCUT2D eigenvalue weighted by Crippen LogP contribution is -2.45. The Hall–Kier alpha value is -2.52. The lowest BCUT2D eigenvalue weighted by molar-refractivity contribution is -0.139. The second-order valence-corrected chi connectivity index (χ2v) is 9.92. The molecule has 0 radical (unpaired) electrons. The minimum Gasteiger partial charge on any atom is -0.382 e. The van der Waals surface area contributed by atoms with Gasteiger partial charge in [0.15, 0.2) is 5.78 Å². The van der Waals surface area contributed by atoms with Gasteiger partial charge < -0.3 is 15.4 Å². The summed E-state index contributed by atoms with van der Waals surface area (Å²) >= 11 is 17.3. The molecule has 0 saturated heterocycles. The number of hydrogen-bond donors (Lipinski definition) is 2. The third-order valence-electron chi connectivity index (χ3n) is 5.38. The summed E-state index contributed by atoms with van der Waals surface area (Å²) in [5.74, 6) is -2.70. The van der Waals surface area contributed by atoms with Crippen molar-refractivity contribution in [3.63, 3.8) is 0 Å². The molecule has 17 heteroatoms. The van der Waals surface area contributed by atoms with Gasteiger partial charge in [-0.15, -0.1) is 0 Å². The molecule has 0 aliphatic carbocycles. The smallest absolute Gasteiger partial charge is 0.382 e. The summed E-state index contributed by atoms with van der Waals surface area (Å²) in [6.07, 6.45) is -11.7. The Balaban J connectivity index is 0.000000496. The van der Waals surface area contributed by atoms with Crippen LogP contribution in [-0.4, -0.2) is 57.4 Å². The number of carbonyl (C=O) groups excluding carboxylic acids is 2. The number of methoxy groups -OCH3 is 1. The quantitative estimate of drug-likeness (QED) is 0.144. The number of ketones is 1. The third kappa shape index (κ3) is 13.3. The molecule has 0 heterocycles. The van der Waals surface area contributed by atoms with Crippen LogP contribution in [0.25, 0.3) is 6.08 Å². The van der Waals surface area contributed by atoms with Crippen molar-refractivity contribution < 1.29 is 53.8 Å². The lowest BCUT2D eigenvalue weighted by Gasteiger charge is -2.18. The molecule has 240 valence electrons. The molecule has 1 amide bonds. The number of ether oxygens (including phenoxy) is 1. The van der Waals surface area contributed by atoms with Gasteiger partial charge in [0.05, 0.1) is 46.2 Å². The Morgan fingerprint density at radius 2 is 1.56 bits per heavy atom. The fourth-order valence-electron chi connectivity index (χ4n) is 3.35. The number of hydrogen-bond acceptors (Lipinski definition) is 4. The van der Waals surface area contributed by atoms with Crippen LogP contribution in [0.2, 0.25) is 15.1 Å². The van der Waals surface area contributed by atoms with Gasteiger partial charge >= 0.3 is 18.5 Å². The maximum absolute atomic E-state index is 13.5. The van der Waals surface area contributed by atoms with E-state index in [9.17, 15) is 49.1 Å². The molecular weight excluding hydrogens is 666 g/mol. The van der Waals surface area contributed by atoms with Gasteiger partial charge in [0.2, 0.25) is 6.41 Å². The second-order valence-electron chi connectivity index (χ2n) is 8.73. The Labute approximate surface area is 255 Å². The van der Waals surface area contributed by atoms with E-state index in [1.54, 1.807) is 0 Å². The van der Waals surface area contributed by atoms with Crippen molar-refractivity contribution >= 4 is 53.1 Å². The highest BCUT2D eigenvalue weighted by atomic mass is 35.5. The summed E-state index contributed by atoms with van der Waals surface area (Å²) in [7, 11) is 1.32. The van der Waals surface area contributed by atoms with Gasteiger partial charge in [-0.1, -0.05) is 59.1 Å². The van der Waals surface area contributed by atoms with Crippen molar-refractivity contribution in [2.75, 3.05) is 26.8 Å². The number of amides is 1. The molecule has 2 rings (SSSR count). The fraction of sp³-hybridized carbons (Fsp3) is 0.385. The van der Waals surface area contributed by atoms with Crippen LogP contribution < -0.4 is 10.6 Å². The van der Waals surface area contributed by atoms with Gasteiger partial charge in [-0.2, -0.15) is 39.5 Å². The molecule has 2 atom stereocenters. The maximum atomic E-state index is 13.5. The summed E-state index contributed by atoms with van der Waals surface area (Å²) in [4.78, 5) is 21.4. The van der Waals surface area contributed by atoms with E-state index < -0.39 is 54.9 Å². The number of nitrogens with one attached hydrogen (secondary N) is 2. The maximum Gasteiger partial charge on any atom is 0.416 e. The molecule has 2 N–H and O–H groups in total. The second kappa shape index (κ2) is 16.5. The number of alkyl halides is 9. The minimum absolute atomic E-state index is 0.0201. The van der Waals surface area contributed by atoms with Gasteiger partial charge in [0.25, 0.3) is 0 Å². The Morgan fingerprint density at radius 1 is 0.977 bits per heavy atom. The van der Waals surface area contributed by atoms with E-state index >= 15 is 0 Å². The first kappa shape index (κ1) is 38.5. The number of aryl methyl sites for hydroxylation is 1. The molecule has 2 aromatic rings. The summed E-state index contributed by atoms with van der Waals surface area (Å²) in [5, 5.41) is 3.70. The van der Waals surface area contributed by atoms with Crippen molar-refractivity contribution in [2.24, 2.45) is 0 Å². The van der Waals surface area contributed by atoms with Crippen LogP contribution in [-0.2, 0) is 20.5 Å². The zero-order valence-electron chi connectivity index (χ0n) is 22.2. The van der Waals surface area contributed by atoms with Gasteiger partial charge in [-0.25, -0.2) is 0 Å². The SMILES string of the molecule is COCC(NC=O)C(=O)CNCC(F)(F)F.Cc1ccc(/C=C/C(c2cc(Cl)c(Cl)c(Cl)c2)C(F)(F)F)cc1C(F)(F)F. The molecule has 0 bridgehead atoms. The van der Waals surface area contributed by atoms with Crippen molar-refractivity contribution in [3.05, 3.63) is 73.7 Å². The normalized spacial score (nSPS) is 13.7. The fourth-order valence-corrected chi connectivity index (χ4v) is 3.97. The molecule has 0 aliphatic heterocycles. The van der Waals surface area contributed by atoms with Gasteiger partial charge in [0, 0.05) is 7.11 Å². The molecule has 0 saturated carbocycles. The van der Waals surface area contributed by atoms with Crippen LogP contribution in [0, 0.1) is 6.92 Å². The van der Waals surface area contributed by atoms with E-state index in [1.807, 2.05) is 5.32 Å². The number of carbonyl (C=O) groups is 2. The molecule has 2 unspecified atom stereocenters. The first-order valence-corrected chi connectivity index (χ1v) is 12.9. The van der Waals surface area contributed by atoms with E-state index in [0.717, 1.165) is 30.4 Å². The van der Waals surface area contributed by atoms with Gasteiger partial charge in [-0.05, 0) is 41.8 Å². The standard InChI is InChI=1S/C18H11Cl3F6.C8H13F3N2O3/c1-9-2-3-10(6-13(9)18(25,26)27)4-5-12(17(22,23)24)11-7-14(19)16(21)15(20)8-11;1-16-3-6(13-5-14)7(15)2-12-4-8(9,10)11/h2-8,12H,1H3;5-6,12H,2-4H2,1H3,(H,13,14)/b5-4+;. The first-order chi connectivity index (χ1) is 19.7. The third-order valence-corrected chi connectivity index (χ3v) is 6.58. The van der Waals surface area contributed by atoms with Crippen molar-refractivity contribution in [2.45, 2.75) is 37.4 Å². The molecule has 5 nitrogen and oxygen atoms in total. The summed E-state index contributed by atoms with van der Waals surface area (Å²) < 4.78 is 119. The Morgan fingerprint density at radius 3 is 2.02 bits per heavy atom. The minimum atomic E-state index is -4.71. The molecule has 0 fully saturated rings. The number of halogens is 12. The molecule has 0 aromatic heterocycles. The number of rotatable bonds is 11. The number of benzene rings is 2. The lowest BCUT2D eigenvalue weighted by atomic mass is 9.96.